The molecule has 1 saturated heterocycles. The molecule has 1 aromatic carbocycles. The highest BCUT2D eigenvalue weighted by Gasteiger charge is 2.32. The smallest absolute Gasteiger partial charge is 0.160 e. The Labute approximate surface area is 128 Å². The Morgan fingerprint density at radius 2 is 2.00 bits per heavy atom. The van der Waals surface area contributed by atoms with Crippen molar-refractivity contribution in [3.05, 3.63) is 33.9 Å². The van der Waals surface area contributed by atoms with Crippen molar-refractivity contribution < 1.29 is 4.79 Å². The van der Waals surface area contributed by atoms with Crippen molar-refractivity contribution in [2.75, 3.05) is 19.6 Å². The molecule has 1 atom stereocenters. The maximum absolute atomic E-state index is 11.9. The van der Waals surface area contributed by atoms with E-state index in [9.17, 15) is 4.79 Å². The van der Waals surface area contributed by atoms with Gasteiger partial charge in [0.25, 0.3) is 0 Å². The fraction of sp³-hybridized carbons (Fsp3) is 0.611. The lowest BCUT2D eigenvalue weighted by molar-refractivity contribution is 0.101. The lowest BCUT2D eigenvalue weighted by Gasteiger charge is -2.24. The summed E-state index contributed by atoms with van der Waals surface area (Å²) in [6, 6.07) is 2.15. The van der Waals surface area contributed by atoms with Gasteiger partial charge in [0.05, 0.1) is 0 Å². The van der Waals surface area contributed by atoms with Gasteiger partial charge in [-0.15, -0.1) is 0 Å². The van der Waals surface area contributed by atoms with Gasteiger partial charge in [0.2, 0.25) is 0 Å². The Bertz CT molecular complexity index is 565. The van der Waals surface area contributed by atoms with Gasteiger partial charge in [-0.3, -0.25) is 9.69 Å². The number of nitrogens with zero attached hydrogens (tertiary/aromatic N) is 1. The summed E-state index contributed by atoms with van der Waals surface area (Å²) in [7, 11) is 0. The number of nitrogens with two attached hydrogens (primary N) is 1. The van der Waals surface area contributed by atoms with Gasteiger partial charge in [0.15, 0.2) is 5.78 Å². The van der Waals surface area contributed by atoms with Crippen molar-refractivity contribution >= 4 is 5.78 Å². The highest BCUT2D eigenvalue weighted by Crippen LogP contribution is 2.31. The second kappa shape index (κ2) is 5.90. The Morgan fingerprint density at radius 3 is 2.52 bits per heavy atom. The van der Waals surface area contributed by atoms with Crippen LogP contribution >= 0.6 is 0 Å². The first-order valence-electron chi connectivity index (χ1n) is 7.80. The predicted octanol–water partition coefficient (Wildman–Crippen LogP) is 2.99. The molecule has 21 heavy (non-hydrogen) atoms. The Balaban J connectivity index is 2.29. The van der Waals surface area contributed by atoms with Gasteiger partial charge in [-0.25, -0.2) is 0 Å². The van der Waals surface area contributed by atoms with Crippen molar-refractivity contribution in [3.8, 4) is 0 Å². The molecule has 0 aromatic heterocycles. The number of hydrogen-bond donors (Lipinski definition) is 1. The van der Waals surface area contributed by atoms with E-state index in [-0.39, 0.29) is 11.2 Å². The summed E-state index contributed by atoms with van der Waals surface area (Å²) in [5.41, 5.74) is 11.9. The number of aryl methyl sites for hydroxylation is 2. The highest BCUT2D eigenvalue weighted by molar-refractivity contribution is 5.97. The average Bonchev–Trinajstić information content (AvgIpc) is 2.76. The number of rotatable bonds is 4. The van der Waals surface area contributed by atoms with Crippen molar-refractivity contribution in [1.29, 1.82) is 0 Å². The lowest BCUT2D eigenvalue weighted by Crippen LogP contribution is -2.31. The monoisotopic (exact) mass is 288 g/mol. The van der Waals surface area contributed by atoms with Crippen molar-refractivity contribution in [1.82, 2.24) is 4.90 Å². The Morgan fingerprint density at radius 1 is 1.33 bits per heavy atom. The quantitative estimate of drug-likeness (QED) is 0.866. The molecule has 0 amide bonds. The molecular weight excluding hydrogens is 260 g/mol. The molecule has 0 aliphatic carbocycles. The first kappa shape index (κ1) is 16.2. The maximum atomic E-state index is 11.9. The van der Waals surface area contributed by atoms with Crippen molar-refractivity contribution in [3.63, 3.8) is 0 Å². The zero-order valence-electron chi connectivity index (χ0n) is 14.0. The molecule has 1 aliphatic rings. The van der Waals surface area contributed by atoms with Crippen LogP contribution in [0, 0.1) is 26.2 Å². The number of hydrogen-bond acceptors (Lipinski definition) is 3. The first-order valence-corrected chi connectivity index (χ1v) is 7.80. The van der Waals surface area contributed by atoms with Crippen LogP contribution in [0.1, 0.15) is 52.9 Å². The average molecular weight is 288 g/mol. The van der Waals surface area contributed by atoms with Crippen LogP contribution in [0.25, 0.3) is 0 Å². The number of Topliss-reactive ketones (excluding diaryl/α,β-unsaturated/α-hetero) is 1. The van der Waals surface area contributed by atoms with E-state index in [1.807, 2.05) is 6.92 Å². The summed E-state index contributed by atoms with van der Waals surface area (Å²) in [5.74, 6) is 0.166. The summed E-state index contributed by atoms with van der Waals surface area (Å²) < 4.78 is 0. The molecule has 0 radical (unpaired) electrons. The topological polar surface area (TPSA) is 46.3 Å². The fourth-order valence-corrected chi connectivity index (χ4v) is 3.66. The first-order chi connectivity index (χ1) is 9.77. The third-order valence-electron chi connectivity index (χ3n) is 4.99. The molecule has 2 N–H and O–H groups in total. The molecule has 0 spiro atoms. The van der Waals surface area contributed by atoms with Gasteiger partial charge < -0.3 is 5.73 Å². The lowest BCUT2D eigenvalue weighted by atomic mass is 9.90. The van der Waals surface area contributed by atoms with E-state index in [4.69, 9.17) is 5.73 Å². The van der Waals surface area contributed by atoms with E-state index in [0.717, 1.165) is 49.3 Å². The van der Waals surface area contributed by atoms with Gasteiger partial charge in [-0.2, -0.15) is 0 Å². The molecule has 3 heteroatoms. The van der Waals surface area contributed by atoms with Gasteiger partial charge in [0.1, 0.15) is 0 Å². The fourth-order valence-electron chi connectivity index (χ4n) is 3.66. The molecule has 1 unspecified atom stereocenters. The molecule has 0 bridgehead atoms. The molecule has 3 nitrogen and oxygen atoms in total. The summed E-state index contributed by atoms with van der Waals surface area (Å²) in [6.45, 7) is 14.0. The molecule has 2 rings (SSSR count). The van der Waals surface area contributed by atoms with E-state index >= 15 is 0 Å². The van der Waals surface area contributed by atoms with Crippen LogP contribution in [0.15, 0.2) is 6.07 Å². The SMILES string of the molecule is CC(=O)c1c(C)cc(C)c(CN2CCC(C)(CN)C2)c1C. The standard InChI is InChI=1S/C18H28N2O/c1-12-8-13(2)17(15(4)21)14(3)16(12)9-20-7-6-18(5,10-19)11-20/h8H,6-7,9-11,19H2,1-5H3. The molecule has 1 heterocycles. The van der Waals surface area contributed by atoms with E-state index in [1.165, 1.54) is 11.1 Å². The minimum atomic E-state index is 0.166. The van der Waals surface area contributed by atoms with Crippen molar-refractivity contribution in [2.45, 2.75) is 47.6 Å². The molecule has 0 saturated carbocycles. The third kappa shape index (κ3) is 3.19. The van der Waals surface area contributed by atoms with Crippen LogP contribution in [0.4, 0.5) is 0 Å². The molecule has 1 aromatic rings. The summed E-state index contributed by atoms with van der Waals surface area (Å²) in [4.78, 5) is 14.4. The van der Waals surface area contributed by atoms with Crippen LogP contribution in [-0.4, -0.2) is 30.3 Å². The zero-order valence-corrected chi connectivity index (χ0v) is 14.0. The molecular formula is C18H28N2O. The molecule has 116 valence electrons. The Hall–Kier alpha value is -1.19. The van der Waals surface area contributed by atoms with E-state index < -0.39 is 0 Å². The zero-order chi connectivity index (χ0) is 15.8. The van der Waals surface area contributed by atoms with E-state index in [0.29, 0.717) is 0 Å². The second-order valence-corrected chi connectivity index (χ2v) is 7.02. The third-order valence-corrected chi connectivity index (χ3v) is 4.99. The van der Waals surface area contributed by atoms with Gasteiger partial charge in [0, 0.05) is 18.7 Å². The summed E-state index contributed by atoms with van der Waals surface area (Å²) >= 11 is 0. The van der Waals surface area contributed by atoms with Gasteiger partial charge in [-0.05, 0) is 74.9 Å². The van der Waals surface area contributed by atoms with Crippen LogP contribution in [-0.2, 0) is 6.54 Å². The number of ketones is 1. The largest absolute Gasteiger partial charge is 0.330 e. The van der Waals surface area contributed by atoms with Crippen LogP contribution in [0.5, 0.6) is 0 Å². The van der Waals surface area contributed by atoms with Crippen LogP contribution < -0.4 is 5.73 Å². The number of likely N-dealkylation sites (tertiary alicyclic amines) is 1. The summed E-state index contributed by atoms with van der Waals surface area (Å²) in [5, 5.41) is 0. The second-order valence-electron chi connectivity index (χ2n) is 7.02. The predicted molar refractivity (Wildman–Crippen MR) is 87.7 cm³/mol. The van der Waals surface area contributed by atoms with E-state index in [1.54, 1.807) is 6.92 Å². The molecule has 1 aliphatic heterocycles. The van der Waals surface area contributed by atoms with Crippen molar-refractivity contribution in [2.24, 2.45) is 11.1 Å². The minimum Gasteiger partial charge on any atom is -0.330 e. The minimum absolute atomic E-state index is 0.166. The maximum Gasteiger partial charge on any atom is 0.160 e. The Kier molecular flexibility index (Phi) is 4.54. The number of benzene rings is 1. The summed E-state index contributed by atoms with van der Waals surface area (Å²) in [6.07, 6.45) is 1.16. The van der Waals surface area contributed by atoms with E-state index in [2.05, 4.69) is 31.7 Å². The van der Waals surface area contributed by atoms with Gasteiger partial charge in [-0.1, -0.05) is 13.0 Å². The normalized spacial score (nSPS) is 22.8. The number of carbonyl (C=O) groups is 1. The van der Waals surface area contributed by atoms with Gasteiger partial charge >= 0.3 is 0 Å². The molecule has 1 fully saturated rings. The number of carbonyl (C=O) groups excluding carboxylic acids is 1. The van der Waals surface area contributed by atoms with Crippen LogP contribution in [0.3, 0.4) is 0 Å². The van der Waals surface area contributed by atoms with Crippen LogP contribution in [0.2, 0.25) is 0 Å². The highest BCUT2D eigenvalue weighted by atomic mass is 16.1.